The molecular formula is C25H22N2O3S3. The predicted octanol–water partition coefficient (Wildman–Crippen LogP) is 6.33. The molecule has 0 radical (unpaired) electrons. The lowest BCUT2D eigenvalue weighted by Gasteiger charge is -2.18. The molecule has 1 heterocycles. The Hall–Kier alpha value is -3.07. The van der Waals surface area contributed by atoms with Gasteiger partial charge in [-0.2, -0.15) is 0 Å². The summed E-state index contributed by atoms with van der Waals surface area (Å²) in [5.41, 5.74) is 3.12. The molecule has 4 rings (SSSR count). The van der Waals surface area contributed by atoms with Crippen molar-refractivity contribution in [2.45, 2.75) is 21.3 Å². The molecule has 8 heteroatoms. The average Bonchev–Trinajstić information content (AvgIpc) is 3.37. The highest BCUT2D eigenvalue weighted by Crippen LogP contribution is 2.37. The Morgan fingerprint density at radius 3 is 2.24 bits per heavy atom. The third-order valence-electron chi connectivity index (χ3n) is 4.86. The fourth-order valence-corrected chi connectivity index (χ4v) is 6.25. The van der Waals surface area contributed by atoms with Crippen LogP contribution in [-0.4, -0.2) is 14.3 Å². The highest BCUT2D eigenvalue weighted by molar-refractivity contribution is 8.00. The summed E-state index contributed by atoms with van der Waals surface area (Å²) in [5, 5.41) is 4.29. The fraction of sp³-hybridized carbons (Fsp3) is 0.0800. The minimum atomic E-state index is -3.60. The van der Waals surface area contributed by atoms with E-state index in [4.69, 9.17) is 0 Å². The first-order valence-corrected chi connectivity index (χ1v) is 13.4. The van der Waals surface area contributed by atoms with Crippen molar-refractivity contribution in [2.24, 2.45) is 0 Å². The second kappa shape index (κ2) is 10.2. The summed E-state index contributed by atoms with van der Waals surface area (Å²) in [6, 6.07) is 27.6. The van der Waals surface area contributed by atoms with E-state index in [0.29, 0.717) is 5.69 Å². The lowest BCUT2D eigenvalue weighted by Crippen LogP contribution is -2.19. The molecule has 1 atom stereocenters. The second-order valence-electron chi connectivity index (χ2n) is 7.27. The van der Waals surface area contributed by atoms with Crippen molar-refractivity contribution in [1.82, 2.24) is 0 Å². The van der Waals surface area contributed by atoms with Gasteiger partial charge in [0.05, 0.1) is 0 Å². The zero-order valence-corrected chi connectivity index (χ0v) is 20.2. The monoisotopic (exact) mass is 494 g/mol. The number of thioether (sulfide) groups is 1. The zero-order chi connectivity index (χ0) is 23.3. The number of nitrogens with one attached hydrogen (secondary N) is 2. The van der Waals surface area contributed by atoms with Crippen LogP contribution in [0.4, 0.5) is 11.4 Å². The van der Waals surface area contributed by atoms with Gasteiger partial charge in [0.25, 0.3) is 10.0 Å². The van der Waals surface area contributed by atoms with Crippen LogP contribution in [0.2, 0.25) is 0 Å². The van der Waals surface area contributed by atoms with E-state index in [2.05, 4.69) is 10.0 Å². The summed E-state index contributed by atoms with van der Waals surface area (Å²) in [7, 11) is -3.60. The zero-order valence-electron chi connectivity index (χ0n) is 17.8. The van der Waals surface area contributed by atoms with Crippen molar-refractivity contribution >= 4 is 50.4 Å². The first-order chi connectivity index (χ1) is 15.9. The average molecular weight is 495 g/mol. The van der Waals surface area contributed by atoms with Gasteiger partial charge in [-0.3, -0.25) is 9.52 Å². The van der Waals surface area contributed by atoms with Crippen LogP contribution in [0.15, 0.2) is 105 Å². The molecule has 0 fully saturated rings. The number of para-hydroxylation sites is 1. The number of thiophene rings is 1. The normalized spacial score (nSPS) is 12.2. The molecule has 0 saturated carbocycles. The largest absolute Gasteiger partial charge is 0.325 e. The number of amides is 1. The van der Waals surface area contributed by atoms with E-state index in [1.807, 2.05) is 73.7 Å². The minimum absolute atomic E-state index is 0.122. The van der Waals surface area contributed by atoms with Crippen LogP contribution in [0.5, 0.6) is 0 Å². The molecule has 0 aliphatic heterocycles. The Kier molecular flexibility index (Phi) is 7.17. The Morgan fingerprint density at radius 2 is 1.58 bits per heavy atom. The van der Waals surface area contributed by atoms with Crippen molar-refractivity contribution in [3.63, 3.8) is 0 Å². The van der Waals surface area contributed by atoms with Crippen LogP contribution < -0.4 is 10.0 Å². The van der Waals surface area contributed by atoms with Crippen molar-refractivity contribution in [1.29, 1.82) is 0 Å². The SMILES string of the molecule is Cc1ccccc1NC(=O)C(Sc1ccc(NS(=O)(=O)c2cccs2)cc1)c1ccccc1. The van der Waals surface area contributed by atoms with Crippen LogP contribution in [-0.2, 0) is 14.8 Å². The molecule has 1 amide bonds. The van der Waals surface area contributed by atoms with E-state index >= 15 is 0 Å². The van der Waals surface area contributed by atoms with Gasteiger partial charge in [0.1, 0.15) is 9.46 Å². The Balaban J connectivity index is 1.53. The van der Waals surface area contributed by atoms with Crippen LogP contribution in [0.1, 0.15) is 16.4 Å². The predicted molar refractivity (Wildman–Crippen MR) is 136 cm³/mol. The first-order valence-electron chi connectivity index (χ1n) is 10.2. The maximum Gasteiger partial charge on any atom is 0.271 e. The van der Waals surface area contributed by atoms with Gasteiger partial charge >= 0.3 is 0 Å². The van der Waals surface area contributed by atoms with Crippen molar-refractivity contribution < 1.29 is 13.2 Å². The lowest BCUT2D eigenvalue weighted by atomic mass is 10.1. The van der Waals surface area contributed by atoms with E-state index in [0.717, 1.165) is 33.0 Å². The van der Waals surface area contributed by atoms with Crippen LogP contribution in [0, 0.1) is 6.92 Å². The summed E-state index contributed by atoms with van der Waals surface area (Å²) in [6.45, 7) is 1.95. The minimum Gasteiger partial charge on any atom is -0.325 e. The maximum atomic E-state index is 13.2. The van der Waals surface area contributed by atoms with E-state index in [-0.39, 0.29) is 10.1 Å². The van der Waals surface area contributed by atoms with Gasteiger partial charge in [-0.1, -0.05) is 54.6 Å². The Morgan fingerprint density at radius 1 is 0.879 bits per heavy atom. The summed E-state index contributed by atoms with van der Waals surface area (Å²) < 4.78 is 27.7. The van der Waals surface area contributed by atoms with Gasteiger partial charge in [0, 0.05) is 16.3 Å². The highest BCUT2D eigenvalue weighted by Gasteiger charge is 2.23. The number of aryl methyl sites for hydroxylation is 1. The molecule has 2 N–H and O–H groups in total. The number of sulfonamides is 1. The van der Waals surface area contributed by atoms with Gasteiger partial charge < -0.3 is 5.32 Å². The lowest BCUT2D eigenvalue weighted by molar-refractivity contribution is -0.115. The van der Waals surface area contributed by atoms with Crippen molar-refractivity contribution in [2.75, 3.05) is 10.0 Å². The third kappa shape index (κ3) is 5.84. The number of anilines is 2. The number of carbonyl (C=O) groups excluding carboxylic acids is 1. The molecule has 1 unspecified atom stereocenters. The summed E-state index contributed by atoms with van der Waals surface area (Å²) in [4.78, 5) is 14.1. The van der Waals surface area contributed by atoms with Gasteiger partial charge in [-0.15, -0.1) is 23.1 Å². The Bertz CT molecular complexity index is 1320. The quantitative estimate of drug-likeness (QED) is 0.281. The molecular weight excluding hydrogens is 472 g/mol. The molecule has 5 nitrogen and oxygen atoms in total. The number of benzene rings is 3. The maximum absolute atomic E-state index is 13.2. The molecule has 0 aliphatic rings. The van der Waals surface area contributed by atoms with E-state index in [1.165, 1.54) is 11.8 Å². The molecule has 0 aliphatic carbocycles. The fourth-order valence-electron chi connectivity index (χ4n) is 3.17. The van der Waals surface area contributed by atoms with E-state index in [1.54, 1.807) is 29.6 Å². The van der Waals surface area contributed by atoms with Gasteiger partial charge in [-0.25, -0.2) is 8.42 Å². The van der Waals surface area contributed by atoms with Gasteiger partial charge in [0.2, 0.25) is 5.91 Å². The standard InChI is InChI=1S/C25H22N2O3S3/c1-18-8-5-6-11-22(18)26-25(28)24(19-9-3-2-4-10-19)32-21-15-13-20(14-16-21)27-33(29,30)23-12-7-17-31-23/h2-17,24,27H,1H3,(H,26,28). The number of rotatable bonds is 8. The Labute approximate surface area is 201 Å². The van der Waals surface area contributed by atoms with Crippen LogP contribution in [0.25, 0.3) is 0 Å². The summed E-state index contributed by atoms with van der Waals surface area (Å²) in [5.74, 6) is -0.122. The molecule has 0 saturated heterocycles. The van der Waals surface area contributed by atoms with Gasteiger partial charge in [-0.05, 0) is 59.8 Å². The molecule has 0 bridgehead atoms. The third-order valence-corrected chi connectivity index (χ3v) is 8.91. The van der Waals surface area contributed by atoms with Crippen molar-refractivity contribution in [3.8, 4) is 0 Å². The van der Waals surface area contributed by atoms with Gasteiger partial charge in [0.15, 0.2) is 0 Å². The molecule has 33 heavy (non-hydrogen) atoms. The topological polar surface area (TPSA) is 75.3 Å². The molecule has 168 valence electrons. The van der Waals surface area contributed by atoms with E-state index in [9.17, 15) is 13.2 Å². The smallest absolute Gasteiger partial charge is 0.271 e. The summed E-state index contributed by atoms with van der Waals surface area (Å²) in [6.07, 6.45) is 0. The first kappa shape index (κ1) is 23.1. The number of carbonyl (C=O) groups is 1. The number of hydrogen-bond acceptors (Lipinski definition) is 5. The second-order valence-corrected chi connectivity index (χ2v) is 11.3. The number of hydrogen-bond donors (Lipinski definition) is 2. The van der Waals surface area contributed by atoms with E-state index < -0.39 is 15.3 Å². The molecule has 4 aromatic rings. The summed E-state index contributed by atoms with van der Waals surface area (Å²) >= 11 is 2.58. The van der Waals surface area contributed by atoms with Crippen molar-refractivity contribution in [3.05, 3.63) is 108 Å². The van der Waals surface area contributed by atoms with Crippen LogP contribution >= 0.6 is 23.1 Å². The van der Waals surface area contributed by atoms with Crippen LogP contribution in [0.3, 0.4) is 0 Å². The molecule has 0 spiro atoms. The highest BCUT2D eigenvalue weighted by atomic mass is 32.2. The molecule has 3 aromatic carbocycles. The molecule has 1 aromatic heterocycles.